The van der Waals surface area contributed by atoms with Crippen molar-refractivity contribution >= 4 is 129 Å². The molecule has 2 nitrogen and oxygen atoms in total. The monoisotopic (exact) mass is 926 g/mol. The smallest absolute Gasteiger partial charge is 0.0619 e. The van der Waals surface area contributed by atoms with Gasteiger partial charge in [0, 0.05) is 84.6 Å². The Morgan fingerprint density at radius 2 is 0.586 bits per heavy atom. The molecule has 0 bridgehead atoms. The number of benzene rings is 12. The van der Waals surface area contributed by atoms with Crippen molar-refractivity contribution in [2.24, 2.45) is 0 Å². The van der Waals surface area contributed by atoms with Crippen LogP contribution in [-0.4, -0.2) is 0 Å². The van der Waals surface area contributed by atoms with E-state index < -0.39 is 0 Å². The Hall–Kier alpha value is -8.54. The van der Waals surface area contributed by atoms with Gasteiger partial charge in [0.15, 0.2) is 0 Å². The summed E-state index contributed by atoms with van der Waals surface area (Å²) >= 11 is 3.76. The fraction of sp³-hybridized carbons (Fsp3) is 0. The van der Waals surface area contributed by atoms with Crippen LogP contribution in [0.1, 0.15) is 0 Å². The highest BCUT2D eigenvalue weighted by Gasteiger charge is 2.25. The number of hydrogen-bond acceptors (Lipinski definition) is 4. The van der Waals surface area contributed by atoms with Gasteiger partial charge < -0.3 is 9.80 Å². The summed E-state index contributed by atoms with van der Waals surface area (Å²) in [5.41, 5.74) is 11.6. The highest BCUT2D eigenvalue weighted by Crippen LogP contribution is 2.51. The Morgan fingerprint density at radius 3 is 1.01 bits per heavy atom. The number of thiophene rings is 2. The van der Waals surface area contributed by atoms with Crippen LogP contribution in [0, 0.1) is 0 Å². The molecule has 14 rings (SSSR count). The summed E-state index contributed by atoms with van der Waals surface area (Å²) in [6, 6.07) is 93.8. The Kier molecular flexibility index (Phi) is 9.61. The van der Waals surface area contributed by atoms with Crippen LogP contribution >= 0.6 is 22.7 Å². The van der Waals surface area contributed by atoms with E-state index in [-0.39, 0.29) is 0 Å². The molecule has 0 aliphatic rings. The fourth-order valence-corrected chi connectivity index (χ4v) is 13.3. The molecule has 2 aromatic heterocycles. The predicted molar refractivity (Wildman–Crippen MR) is 305 cm³/mol. The van der Waals surface area contributed by atoms with E-state index in [9.17, 15) is 0 Å². The van der Waals surface area contributed by atoms with Gasteiger partial charge in [-0.25, -0.2) is 0 Å². The summed E-state index contributed by atoms with van der Waals surface area (Å²) < 4.78 is 5.27. The molecular formula is C66H42N2S2. The van der Waals surface area contributed by atoms with Crippen LogP contribution in [0.4, 0.5) is 34.1 Å². The summed E-state index contributed by atoms with van der Waals surface area (Å²) in [6.07, 6.45) is 0. The van der Waals surface area contributed by atoms with E-state index in [1.807, 2.05) is 22.7 Å². The zero-order valence-corrected chi connectivity index (χ0v) is 39.6. The fourth-order valence-electron chi connectivity index (χ4n) is 10.8. The van der Waals surface area contributed by atoms with Crippen LogP contribution in [0.25, 0.3) is 94.9 Å². The van der Waals surface area contributed by atoms with Gasteiger partial charge in [0.05, 0.1) is 11.4 Å². The minimum Gasteiger partial charge on any atom is -0.309 e. The van der Waals surface area contributed by atoms with Gasteiger partial charge in [0.1, 0.15) is 0 Å². The summed E-state index contributed by atoms with van der Waals surface area (Å²) in [7, 11) is 0. The highest BCUT2D eigenvalue weighted by molar-refractivity contribution is 7.26. The second-order valence-corrected chi connectivity index (χ2v) is 20.1. The van der Waals surface area contributed by atoms with Gasteiger partial charge in [-0.15, -0.1) is 22.7 Å². The van der Waals surface area contributed by atoms with Gasteiger partial charge in [0.2, 0.25) is 0 Å². The molecule has 0 aliphatic carbocycles. The van der Waals surface area contributed by atoms with Crippen LogP contribution in [-0.2, 0) is 0 Å². The first-order chi connectivity index (χ1) is 34.7. The summed E-state index contributed by atoms with van der Waals surface area (Å²) in [6.45, 7) is 0. The van der Waals surface area contributed by atoms with Crippen LogP contribution in [0.2, 0.25) is 0 Å². The third kappa shape index (κ3) is 6.60. The molecule has 328 valence electrons. The van der Waals surface area contributed by atoms with E-state index in [0.29, 0.717) is 0 Å². The number of hydrogen-bond donors (Lipinski definition) is 0. The summed E-state index contributed by atoms with van der Waals surface area (Å²) in [5.74, 6) is 0. The molecule has 0 N–H and O–H groups in total. The number of para-hydroxylation sites is 2. The molecular weight excluding hydrogens is 885 g/mol. The van der Waals surface area contributed by atoms with E-state index >= 15 is 0 Å². The molecule has 0 radical (unpaired) electrons. The lowest BCUT2D eigenvalue weighted by molar-refractivity contribution is 1.30. The number of fused-ring (bicyclic) bond motifs is 9. The first-order valence-electron chi connectivity index (χ1n) is 23.8. The molecule has 0 fully saturated rings. The maximum atomic E-state index is 2.48. The normalized spacial score (nSPS) is 11.7. The lowest BCUT2D eigenvalue weighted by Crippen LogP contribution is -2.13. The van der Waals surface area contributed by atoms with Crippen LogP contribution < -0.4 is 9.80 Å². The molecule has 0 spiro atoms. The molecule has 12 aromatic carbocycles. The van der Waals surface area contributed by atoms with Crippen molar-refractivity contribution in [1.82, 2.24) is 0 Å². The maximum absolute atomic E-state index is 2.48. The minimum absolute atomic E-state index is 1.09. The topological polar surface area (TPSA) is 6.48 Å². The van der Waals surface area contributed by atoms with Gasteiger partial charge in [-0.1, -0.05) is 182 Å². The van der Waals surface area contributed by atoms with E-state index in [1.54, 1.807) is 0 Å². The minimum atomic E-state index is 1.09. The lowest BCUT2D eigenvalue weighted by Gasteiger charge is -2.32. The molecule has 0 aliphatic heterocycles. The maximum Gasteiger partial charge on any atom is 0.0619 e. The Morgan fingerprint density at radius 1 is 0.243 bits per heavy atom. The van der Waals surface area contributed by atoms with Crippen molar-refractivity contribution in [3.63, 3.8) is 0 Å². The molecule has 2 heterocycles. The van der Waals surface area contributed by atoms with Crippen LogP contribution in [0.15, 0.2) is 255 Å². The van der Waals surface area contributed by atoms with Crippen LogP contribution in [0.5, 0.6) is 0 Å². The first kappa shape index (κ1) is 40.5. The molecule has 70 heavy (non-hydrogen) atoms. The molecule has 0 saturated carbocycles. The summed E-state index contributed by atoms with van der Waals surface area (Å²) in [4.78, 5) is 4.95. The average molecular weight is 927 g/mol. The van der Waals surface area contributed by atoms with E-state index in [4.69, 9.17) is 0 Å². The number of rotatable bonds is 8. The standard InChI is InChI=1S/C66H42N2S2/c1-3-19-47(20-4-1)67(49-37-33-43(34-38-49)53-27-15-29-57-55-25-11-13-31-61(55)69-65(53)57)63-51-23-9-7-17-45(51)42-60-59(63)41-46-18-8-10-24-52(46)64(60)68(48-21-5-2-6-22-48)50-39-35-44(36-40-50)54-28-16-30-58-56-26-12-14-32-62(56)70-66(54)58/h1-42H. The van der Waals surface area contributed by atoms with Gasteiger partial charge in [-0.3, -0.25) is 0 Å². The molecule has 0 unspecified atom stereocenters. The molecule has 0 atom stereocenters. The van der Waals surface area contributed by atoms with Crippen molar-refractivity contribution in [1.29, 1.82) is 0 Å². The second-order valence-electron chi connectivity index (χ2n) is 18.0. The Balaban J connectivity index is 0.986. The first-order valence-corrected chi connectivity index (χ1v) is 25.5. The zero-order valence-electron chi connectivity index (χ0n) is 38.0. The predicted octanol–water partition coefficient (Wildman–Crippen LogP) is 20.2. The number of nitrogens with zero attached hydrogens (tertiary/aromatic N) is 2. The van der Waals surface area contributed by atoms with Crippen molar-refractivity contribution in [3.05, 3.63) is 255 Å². The van der Waals surface area contributed by atoms with Crippen molar-refractivity contribution < 1.29 is 0 Å². The molecule has 14 aromatic rings. The van der Waals surface area contributed by atoms with Gasteiger partial charge in [0.25, 0.3) is 0 Å². The van der Waals surface area contributed by atoms with E-state index in [1.165, 1.54) is 94.9 Å². The van der Waals surface area contributed by atoms with E-state index in [0.717, 1.165) is 34.1 Å². The lowest BCUT2D eigenvalue weighted by atomic mass is 9.93. The van der Waals surface area contributed by atoms with Gasteiger partial charge in [-0.05, 0) is 106 Å². The van der Waals surface area contributed by atoms with Crippen molar-refractivity contribution in [3.8, 4) is 22.3 Å². The quantitative estimate of drug-likeness (QED) is 0.140. The van der Waals surface area contributed by atoms with Gasteiger partial charge in [-0.2, -0.15) is 0 Å². The molecule has 0 amide bonds. The van der Waals surface area contributed by atoms with Crippen LogP contribution in [0.3, 0.4) is 0 Å². The molecule has 0 saturated heterocycles. The zero-order chi connectivity index (χ0) is 46.1. The van der Waals surface area contributed by atoms with Gasteiger partial charge >= 0.3 is 0 Å². The van der Waals surface area contributed by atoms with E-state index in [2.05, 4.69) is 265 Å². The van der Waals surface area contributed by atoms with Crippen molar-refractivity contribution in [2.75, 3.05) is 9.80 Å². The highest BCUT2D eigenvalue weighted by atomic mass is 32.1. The Bertz CT molecular complexity index is 4010. The molecule has 4 heteroatoms. The largest absolute Gasteiger partial charge is 0.309 e. The summed E-state index contributed by atoms with van der Waals surface area (Å²) in [5, 5.41) is 12.3. The third-order valence-corrected chi connectivity index (χ3v) is 16.4. The van der Waals surface area contributed by atoms with Crippen molar-refractivity contribution in [2.45, 2.75) is 0 Å². The second kappa shape index (κ2) is 16.6. The number of anilines is 6. The third-order valence-electron chi connectivity index (χ3n) is 14.0. The average Bonchev–Trinajstić information content (AvgIpc) is 4.01. The Labute approximate surface area is 413 Å². The SMILES string of the molecule is c1ccc(N(c2ccc(-c3cccc4c3sc3ccccc34)cc2)c2c3ccccc3cc3c(N(c4ccccc4)c4ccc(-c5cccc6c5sc5ccccc56)cc4)c4ccccc4cc23)cc1.